The molecule has 0 radical (unpaired) electrons. The van der Waals surface area contributed by atoms with Gasteiger partial charge < -0.3 is 15.3 Å². The van der Waals surface area contributed by atoms with Crippen LogP contribution in [0.15, 0.2) is 0 Å². The molecule has 6 unspecified atom stereocenters. The second kappa shape index (κ2) is 10.1. The number of hydrogen-bond donors (Lipinski definition) is 3. The Morgan fingerprint density at radius 1 is 0.900 bits per heavy atom. The molecule has 5 fully saturated rings. The highest BCUT2D eigenvalue weighted by molar-refractivity contribution is 4.98. The van der Waals surface area contributed by atoms with Crippen molar-refractivity contribution >= 4 is 0 Å². The summed E-state index contributed by atoms with van der Waals surface area (Å²) in [6, 6.07) is 0.506. The number of rotatable bonds is 5. The van der Waals surface area contributed by atoms with Crippen molar-refractivity contribution in [2.45, 2.75) is 95.0 Å². The van der Waals surface area contributed by atoms with Gasteiger partial charge in [-0.25, -0.2) is 0 Å². The van der Waals surface area contributed by atoms with Crippen LogP contribution in [0.3, 0.4) is 0 Å². The molecule has 3 saturated heterocycles. The fraction of sp³-hybridized carbons (Fsp3) is 1.00. The molecule has 5 rings (SSSR count). The molecule has 0 bridgehead atoms. The van der Waals surface area contributed by atoms with E-state index in [2.05, 4.69) is 20.6 Å². The van der Waals surface area contributed by atoms with Gasteiger partial charge in [-0.3, -0.25) is 9.74 Å². The Morgan fingerprint density at radius 3 is 2.47 bits per heavy atom. The molecular formula is C24H45N4O2+. The smallest absolute Gasteiger partial charge is 0.142 e. The van der Waals surface area contributed by atoms with Gasteiger partial charge in [0.25, 0.3) is 0 Å². The molecule has 0 spiro atoms. The van der Waals surface area contributed by atoms with Gasteiger partial charge in [-0.1, -0.05) is 32.1 Å². The lowest BCUT2D eigenvalue weighted by Gasteiger charge is -2.43. The van der Waals surface area contributed by atoms with Gasteiger partial charge in [0, 0.05) is 57.0 Å². The third-order valence-electron chi connectivity index (χ3n) is 9.06. The number of piperazine rings is 1. The predicted octanol–water partition coefficient (Wildman–Crippen LogP) is 1.31. The molecule has 4 N–H and O–H groups in total. The van der Waals surface area contributed by atoms with Gasteiger partial charge in [0.2, 0.25) is 0 Å². The summed E-state index contributed by atoms with van der Waals surface area (Å²) in [5, 5.41) is 13.4. The second-order valence-corrected chi connectivity index (χ2v) is 10.9. The van der Waals surface area contributed by atoms with Gasteiger partial charge in [0.05, 0.1) is 18.8 Å². The van der Waals surface area contributed by atoms with E-state index < -0.39 is 0 Å². The van der Waals surface area contributed by atoms with Crippen molar-refractivity contribution in [2.24, 2.45) is 17.8 Å². The van der Waals surface area contributed by atoms with Gasteiger partial charge in [-0.15, -0.1) is 0 Å². The molecule has 3 heterocycles. The molecule has 3 aliphatic heterocycles. The molecular weight excluding hydrogens is 376 g/mol. The summed E-state index contributed by atoms with van der Waals surface area (Å²) in [5.41, 5.74) is 3.44. The fourth-order valence-electron chi connectivity index (χ4n) is 7.20. The standard InChI is InChI=1S/C24H44N4O2/c29-22-10-9-19-21(16-18-6-2-1-3-7-18)26-30-24(19)20(22)17-27-12-14-28(15-13-27)23-8-4-5-11-25-23/h18-26,29H,1-17H2/p+1. The summed E-state index contributed by atoms with van der Waals surface area (Å²) in [6.07, 6.45) is 15.3. The Balaban J connectivity index is 1.13. The van der Waals surface area contributed by atoms with Crippen molar-refractivity contribution in [2.75, 3.05) is 39.3 Å². The van der Waals surface area contributed by atoms with Crippen molar-refractivity contribution in [1.82, 2.24) is 15.3 Å². The quantitative estimate of drug-likeness (QED) is 0.625. The molecule has 0 aromatic heterocycles. The van der Waals surface area contributed by atoms with Crippen molar-refractivity contribution in [3.8, 4) is 0 Å². The first-order valence-electron chi connectivity index (χ1n) is 13.2. The first kappa shape index (κ1) is 21.6. The minimum atomic E-state index is -0.203. The zero-order valence-electron chi connectivity index (χ0n) is 18.9. The SMILES string of the molecule is OC1CCC2C(CC3CCCCC3)NOC2C1CN1CCN(C2CCCC[NH2+]2)CC1. The van der Waals surface area contributed by atoms with Crippen LogP contribution in [-0.2, 0) is 4.84 Å². The maximum absolute atomic E-state index is 10.9. The number of quaternary nitrogens is 1. The van der Waals surface area contributed by atoms with Crippen LogP contribution in [0.4, 0.5) is 0 Å². The summed E-state index contributed by atoms with van der Waals surface area (Å²) >= 11 is 0. The van der Waals surface area contributed by atoms with E-state index >= 15 is 0 Å². The van der Waals surface area contributed by atoms with Crippen molar-refractivity contribution < 1.29 is 15.3 Å². The molecule has 172 valence electrons. The molecule has 30 heavy (non-hydrogen) atoms. The molecule has 6 nitrogen and oxygen atoms in total. The van der Waals surface area contributed by atoms with E-state index in [0.29, 0.717) is 18.1 Å². The third kappa shape index (κ3) is 4.89. The largest absolute Gasteiger partial charge is 0.393 e. The Hall–Kier alpha value is -0.240. The third-order valence-corrected chi connectivity index (χ3v) is 9.06. The number of piperidine rings is 1. The average Bonchev–Trinajstić information content (AvgIpc) is 3.20. The van der Waals surface area contributed by atoms with Crippen LogP contribution in [0.1, 0.15) is 70.6 Å². The number of nitrogens with two attached hydrogens (primary N) is 1. The fourth-order valence-corrected chi connectivity index (χ4v) is 7.20. The lowest BCUT2D eigenvalue weighted by molar-refractivity contribution is -0.717. The Labute approximate surface area is 183 Å². The molecule has 0 aromatic carbocycles. The zero-order valence-corrected chi connectivity index (χ0v) is 18.9. The minimum Gasteiger partial charge on any atom is -0.393 e. The molecule has 0 amide bonds. The first-order chi connectivity index (χ1) is 14.8. The van der Waals surface area contributed by atoms with Gasteiger partial charge >= 0.3 is 0 Å². The molecule has 5 aliphatic rings. The molecule has 2 saturated carbocycles. The maximum Gasteiger partial charge on any atom is 0.142 e. The Kier molecular flexibility index (Phi) is 7.30. The van der Waals surface area contributed by atoms with Crippen molar-refractivity contribution in [3.63, 3.8) is 0 Å². The number of nitrogens with one attached hydrogen (secondary N) is 1. The predicted molar refractivity (Wildman–Crippen MR) is 118 cm³/mol. The van der Waals surface area contributed by atoms with Crippen LogP contribution >= 0.6 is 0 Å². The van der Waals surface area contributed by atoms with Crippen LogP contribution in [0.5, 0.6) is 0 Å². The topological polar surface area (TPSA) is 64.6 Å². The van der Waals surface area contributed by atoms with E-state index in [1.807, 2.05) is 0 Å². The lowest BCUT2D eigenvalue weighted by atomic mass is 9.72. The molecule has 6 atom stereocenters. The summed E-state index contributed by atoms with van der Waals surface area (Å²) in [5.74, 6) is 1.74. The number of nitrogens with zero attached hydrogens (tertiary/aromatic N) is 2. The maximum atomic E-state index is 10.9. The van der Waals surface area contributed by atoms with Crippen molar-refractivity contribution in [1.29, 1.82) is 0 Å². The number of hydrogen-bond acceptors (Lipinski definition) is 5. The number of hydroxylamine groups is 1. The summed E-state index contributed by atoms with van der Waals surface area (Å²) < 4.78 is 0. The molecule has 6 heteroatoms. The number of aliphatic hydroxyl groups excluding tert-OH is 1. The number of aliphatic hydroxyl groups is 1. The van der Waals surface area contributed by atoms with Crippen LogP contribution in [-0.4, -0.2) is 78.6 Å². The zero-order chi connectivity index (χ0) is 20.3. The summed E-state index contributed by atoms with van der Waals surface area (Å²) in [6.45, 7) is 6.95. The molecule has 2 aliphatic carbocycles. The summed E-state index contributed by atoms with van der Waals surface area (Å²) in [4.78, 5) is 11.5. The van der Waals surface area contributed by atoms with E-state index in [0.717, 1.165) is 38.4 Å². The second-order valence-electron chi connectivity index (χ2n) is 10.9. The van der Waals surface area contributed by atoms with Gasteiger partial charge in [0.1, 0.15) is 6.17 Å². The van der Waals surface area contributed by atoms with Gasteiger partial charge in [0.15, 0.2) is 0 Å². The highest BCUT2D eigenvalue weighted by Crippen LogP contribution is 2.41. The monoisotopic (exact) mass is 421 g/mol. The summed E-state index contributed by atoms with van der Waals surface area (Å²) in [7, 11) is 0. The van der Waals surface area contributed by atoms with E-state index in [1.165, 1.54) is 77.4 Å². The van der Waals surface area contributed by atoms with Crippen LogP contribution in [0, 0.1) is 17.8 Å². The number of fused-ring (bicyclic) bond motifs is 1. The Bertz CT molecular complexity index is 529. The van der Waals surface area contributed by atoms with E-state index in [9.17, 15) is 5.11 Å². The van der Waals surface area contributed by atoms with Gasteiger partial charge in [-0.05, 0) is 38.0 Å². The normalized spacial score (nSPS) is 42.3. The van der Waals surface area contributed by atoms with Crippen LogP contribution < -0.4 is 10.8 Å². The minimum absolute atomic E-state index is 0.201. The first-order valence-corrected chi connectivity index (χ1v) is 13.2. The van der Waals surface area contributed by atoms with Crippen LogP contribution in [0.25, 0.3) is 0 Å². The Morgan fingerprint density at radius 2 is 1.70 bits per heavy atom. The van der Waals surface area contributed by atoms with E-state index in [1.54, 1.807) is 0 Å². The van der Waals surface area contributed by atoms with Gasteiger partial charge in [-0.2, -0.15) is 5.48 Å². The highest BCUT2D eigenvalue weighted by atomic mass is 16.7. The van der Waals surface area contributed by atoms with Crippen molar-refractivity contribution in [3.05, 3.63) is 0 Å². The molecule has 0 aromatic rings. The highest BCUT2D eigenvalue weighted by Gasteiger charge is 2.48. The van der Waals surface area contributed by atoms with Crippen LogP contribution in [0.2, 0.25) is 0 Å². The lowest BCUT2D eigenvalue weighted by Crippen LogP contribution is -2.95. The van der Waals surface area contributed by atoms with E-state index in [-0.39, 0.29) is 18.1 Å². The van der Waals surface area contributed by atoms with E-state index in [4.69, 9.17) is 4.84 Å². The average molecular weight is 422 g/mol.